The average molecular weight is 413 g/mol. The summed E-state index contributed by atoms with van der Waals surface area (Å²) in [5.74, 6) is 0.0795. The summed E-state index contributed by atoms with van der Waals surface area (Å²) in [6.45, 7) is 4.80. The van der Waals surface area contributed by atoms with Gasteiger partial charge in [0.05, 0.1) is 32.5 Å². The van der Waals surface area contributed by atoms with E-state index in [2.05, 4.69) is 4.90 Å². The Balaban J connectivity index is 1.55. The zero-order valence-corrected chi connectivity index (χ0v) is 17.0. The third kappa shape index (κ3) is 4.03. The molecule has 0 saturated carbocycles. The fourth-order valence-corrected chi connectivity index (χ4v) is 6.07. The summed E-state index contributed by atoms with van der Waals surface area (Å²) in [5.41, 5.74) is 0.722. The van der Waals surface area contributed by atoms with Gasteiger partial charge in [-0.3, -0.25) is 9.69 Å². The lowest BCUT2D eigenvalue weighted by atomic mass is 10.1. The normalized spacial score (nSPS) is 28.2. The molecule has 0 radical (unpaired) electrons. The molecule has 0 amide bonds. The number of nitrogens with zero attached hydrogens (tertiary/aromatic N) is 4. The van der Waals surface area contributed by atoms with Crippen LogP contribution in [-0.2, 0) is 33.3 Å². The van der Waals surface area contributed by atoms with Crippen molar-refractivity contribution < 1.29 is 17.9 Å². The minimum atomic E-state index is -3.56. The van der Waals surface area contributed by atoms with Crippen molar-refractivity contribution in [2.75, 3.05) is 59.2 Å². The number of aromatic nitrogens is 1. The molecule has 4 rings (SSSR count). The maximum Gasteiger partial charge on any atom is 0.282 e. The molecule has 0 unspecified atom stereocenters. The van der Waals surface area contributed by atoms with Crippen molar-refractivity contribution in [2.24, 2.45) is 13.0 Å². The first-order valence-electron chi connectivity index (χ1n) is 9.74. The first-order chi connectivity index (χ1) is 13.4. The van der Waals surface area contributed by atoms with Gasteiger partial charge in [0.2, 0.25) is 0 Å². The van der Waals surface area contributed by atoms with E-state index in [0.717, 1.165) is 5.56 Å². The maximum atomic E-state index is 13.3. The Morgan fingerprint density at radius 1 is 1.11 bits per heavy atom. The van der Waals surface area contributed by atoms with E-state index in [0.29, 0.717) is 65.7 Å². The summed E-state index contributed by atoms with van der Waals surface area (Å²) < 4.78 is 42.3. The average Bonchev–Trinajstić information content (AvgIpc) is 2.98. The summed E-state index contributed by atoms with van der Waals surface area (Å²) in [7, 11) is -1.82. The molecule has 2 atom stereocenters. The lowest BCUT2D eigenvalue weighted by molar-refractivity contribution is 0.0529. The van der Waals surface area contributed by atoms with Crippen molar-refractivity contribution in [3.8, 4) is 0 Å². The first-order valence-corrected chi connectivity index (χ1v) is 11.1. The van der Waals surface area contributed by atoms with E-state index < -0.39 is 10.2 Å². The second kappa shape index (κ2) is 8.21. The molecule has 10 heteroatoms. The van der Waals surface area contributed by atoms with E-state index in [4.69, 9.17) is 9.47 Å². The minimum absolute atomic E-state index is 0.00838. The zero-order valence-electron chi connectivity index (χ0n) is 16.2. The Morgan fingerprint density at radius 2 is 1.89 bits per heavy atom. The van der Waals surface area contributed by atoms with E-state index in [1.165, 1.54) is 4.31 Å². The molecule has 156 valence electrons. The highest BCUT2D eigenvalue weighted by Crippen LogP contribution is 2.25. The summed E-state index contributed by atoms with van der Waals surface area (Å²) in [6, 6.07) is 3.46. The largest absolute Gasteiger partial charge is 0.379 e. The number of aryl methyl sites for hydroxylation is 1. The molecule has 9 nitrogen and oxygen atoms in total. The van der Waals surface area contributed by atoms with Gasteiger partial charge in [0.25, 0.3) is 15.8 Å². The van der Waals surface area contributed by atoms with Gasteiger partial charge >= 0.3 is 0 Å². The Morgan fingerprint density at radius 3 is 2.68 bits per heavy atom. The predicted octanol–water partition coefficient (Wildman–Crippen LogP) is -0.905. The second-order valence-electron chi connectivity index (χ2n) is 7.79. The molecule has 3 aliphatic heterocycles. The Kier molecular flexibility index (Phi) is 5.86. The van der Waals surface area contributed by atoms with Gasteiger partial charge in [0.15, 0.2) is 0 Å². The van der Waals surface area contributed by atoms with Gasteiger partial charge in [-0.15, -0.1) is 0 Å². The lowest BCUT2D eigenvalue weighted by Crippen LogP contribution is -2.54. The second-order valence-corrected chi connectivity index (χ2v) is 9.67. The number of fused-ring (bicyclic) bond motifs is 3. The van der Waals surface area contributed by atoms with Gasteiger partial charge in [-0.05, 0) is 6.07 Å². The molecule has 1 aromatic rings. The van der Waals surface area contributed by atoms with Crippen LogP contribution < -0.4 is 5.56 Å². The van der Waals surface area contributed by atoms with Crippen LogP contribution in [0.3, 0.4) is 0 Å². The minimum Gasteiger partial charge on any atom is -0.379 e. The van der Waals surface area contributed by atoms with Gasteiger partial charge in [0.1, 0.15) is 0 Å². The van der Waals surface area contributed by atoms with E-state index in [9.17, 15) is 13.2 Å². The highest BCUT2D eigenvalue weighted by Gasteiger charge is 2.42. The van der Waals surface area contributed by atoms with E-state index >= 15 is 0 Å². The molecule has 2 bridgehead atoms. The van der Waals surface area contributed by atoms with Crippen molar-refractivity contribution >= 4 is 10.2 Å². The van der Waals surface area contributed by atoms with Crippen molar-refractivity contribution in [2.45, 2.75) is 12.6 Å². The van der Waals surface area contributed by atoms with Crippen LogP contribution in [-0.4, -0.2) is 91.7 Å². The highest BCUT2D eigenvalue weighted by molar-refractivity contribution is 7.86. The SMILES string of the molecule is Cn1cccc(CN2C[C@@H]3COC[C@H](C2)N(S(=O)(=O)N2CCOCC2)C3)c1=O. The number of morpholine rings is 1. The van der Waals surface area contributed by atoms with Crippen molar-refractivity contribution in [3.63, 3.8) is 0 Å². The van der Waals surface area contributed by atoms with E-state index in [1.807, 2.05) is 12.1 Å². The monoisotopic (exact) mass is 412 g/mol. The summed E-state index contributed by atoms with van der Waals surface area (Å²) >= 11 is 0. The predicted molar refractivity (Wildman–Crippen MR) is 103 cm³/mol. The van der Waals surface area contributed by atoms with Gasteiger partial charge in [-0.1, -0.05) is 6.07 Å². The molecule has 0 spiro atoms. The fourth-order valence-electron chi connectivity index (χ4n) is 4.25. The van der Waals surface area contributed by atoms with Crippen molar-refractivity contribution in [1.29, 1.82) is 0 Å². The molecular formula is C18H28N4O5S. The fraction of sp³-hybridized carbons (Fsp3) is 0.722. The van der Waals surface area contributed by atoms with Crippen LogP contribution in [0.4, 0.5) is 0 Å². The smallest absolute Gasteiger partial charge is 0.282 e. The van der Waals surface area contributed by atoms with Crippen LogP contribution in [0.2, 0.25) is 0 Å². The van der Waals surface area contributed by atoms with Crippen LogP contribution in [0.15, 0.2) is 23.1 Å². The molecule has 4 heterocycles. The molecule has 3 aliphatic rings. The van der Waals surface area contributed by atoms with Gasteiger partial charge in [0, 0.05) is 64.0 Å². The standard InChI is InChI=1S/C18H28N4O5S/c1-19-4-2-3-16(18(19)23)11-20-9-15-10-22(17(12-20)14-27-13-15)28(24,25)21-5-7-26-8-6-21/h2-4,15,17H,5-14H2,1H3/t15-,17-/m0/s1. The third-order valence-corrected chi connectivity index (χ3v) is 7.74. The quantitative estimate of drug-likeness (QED) is 0.637. The maximum absolute atomic E-state index is 13.3. The first kappa shape index (κ1) is 20.0. The van der Waals surface area contributed by atoms with Crippen LogP contribution in [0.25, 0.3) is 0 Å². The van der Waals surface area contributed by atoms with Crippen LogP contribution in [0, 0.1) is 5.92 Å². The number of hydrogen-bond donors (Lipinski definition) is 0. The van der Waals surface area contributed by atoms with Gasteiger partial charge < -0.3 is 14.0 Å². The topological polar surface area (TPSA) is 84.3 Å². The van der Waals surface area contributed by atoms with Crippen LogP contribution >= 0.6 is 0 Å². The number of rotatable bonds is 4. The summed E-state index contributed by atoms with van der Waals surface area (Å²) in [6.07, 6.45) is 1.74. The van der Waals surface area contributed by atoms with Crippen LogP contribution in [0.5, 0.6) is 0 Å². The van der Waals surface area contributed by atoms with Crippen molar-refractivity contribution in [1.82, 2.24) is 18.1 Å². The summed E-state index contributed by atoms with van der Waals surface area (Å²) in [5, 5.41) is 0. The summed E-state index contributed by atoms with van der Waals surface area (Å²) in [4.78, 5) is 14.6. The molecule has 0 aromatic carbocycles. The number of pyridine rings is 1. The Labute approximate surface area is 165 Å². The Hall–Kier alpha value is -1.30. The molecule has 0 aliphatic carbocycles. The molecular weight excluding hydrogens is 384 g/mol. The number of ether oxygens (including phenoxy) is 2. The lowest BCUT2D eigenvalue weighted by Gasteiger charge is -2.35. The molecule has 3 saturated heterocycles. The third-order valence-electron chi connectivity index (χ3n) is 5.68. The van der Waals surface area contributed by atoms with Gasteiger partial charge in [-0.2, -0.15) is 17.0 Å². The van der Waals surface area contributed by atoms with E-state index in [1.54, 1.807) is 22.1 Å². The molecule has 0 N–H and O–H groups in total. The molecule has 28 heavy (non-hydrogen) atoms. The highest BCUT2D eigenvalue weighted by atomic mass is 32.2. The number of hydrogen-bond acceptors (Lipinski definition) is 6. The molecule has 3 fully saturated rings. The zero-order chi connectivity index (χ0) is 19.7. The van der Waals surface area contributed by atoms with Crippen LogP contribution in [0.1, 0.15) is 5.56 Å². The van der Waals surface area contributed by atoms with Crippen molar-refractivity contribution in [3.05, 3.63) is 34.2 Å². The Bertz CT molecular complexity index is 852. The van der Waals surface area contributed by atoms with E-state index in [-0.39, 0.29) is 17.5 Å². The van der Waals surface area contributed by atoms with Gasteiger partial charge in [-0.25, -0.2) is 0 Å². The molecule has 1 aromatic heterocycles.